The van der Waals surface area contributed by atoms with Crippen LogP contribution >= 0.6 is 0 Å². The van der Waals surface area contributed by atoms with Gasteiger partial charge in [0, 0.05) is 17.1 Å². The summed E-state index contributed by atoms with van der Waals surface area (Å²) in [6.45, 7) is 0. The highest BCUT2D eigenvalue weighted by Crippen LogP contribution is 2.25. The second-order valence-electron chi connectivity index (χ2n) is 3.88. The molecule has 3 aromatic rings. The van der Waals surface area contributed by atoms with E-state index in [0.29, 0.717) is 5.76 Å². The Morgan fingerprint density at radius 1 is 1.17 bits per heavy atom. The van der Waals surface area contributed by atoms with E-state index >= 15 is 0 Å². The van der Waals surface area contributed by atoms with Crippen molar-refractivity contribution in [3.8, 4) is 11.3 Å². The van der Waals surface area contributed by atoms with E-state index in [1.165, 1.54) is 6.07 Å². The Balaban J connectivity index is 2.10. The maximum Gasteiger partial charge on any atom is 0.371 e. The van der Waals surface area contributed by atoms with Crippen molar-refractivity contribution in [2.75, 3.05) is 0 Å². The first-order valence-corrected chi connectivity index (χ1v) is 5.42. The molecule has 1 N–H and O–H groups in total. The number of nitrogens with zero attached hydrogens (tertiary/aromatic N) is 1. The van der Waals surface area contributed by atoms with Gasteiger partial charge in [0.1, 0.15) is 5.76 Å². The highest BCUT2D eigenvalue weighted by molar-refractivity contribution is 5.86. The number of hydrogen-bond acceptors (Lipinski definition) is 3. The van der Waals surface area contributed by atoms with Gasteiger partial charge in [0.15, 0.2) is 0 Å². The molecule has 0 bridgehead atoms. The smallest absolute Gasteiger partial charge is 0.371 e. The number of aromatic carboxylic acids is 1. The monoisotopic (exact) mass is 239 g/mol. The molecule has 1 aromatic carbocycles. The number of carbonyl (C=O) groups is 1. The van der Waals surface area contributed by atoms with Crippen molar-refractivity contribution in [3.63, 3.8) is 0 Å². The second-order valence-corrected chi connectivity index (χ2v) is 3.88. The van der Waals surface area contributed by atoms with Crippen molar-refractivity contribution >= 4 is 16.9 Å². The van der Waals surface area contributed by atoms with Crippen LogP contribution in [0.4, 0.5) is 0 Å². The van der Waals surface area contributed by atoms with Crippen LogP contribution in [0, 0.1) is 0 Å². The number of carboxylic acids is 1. The molecule has 0 saturated heterocycles. The lowest BCUT2D eigenvalue weighted by molar-refractivity contribution is 0.0663. The predicted molar refractivity (Wildman–Crippen MR) is 66.4 cm³/mol. The summed E-state index contributed by atoms with van der Waals surface area (Å²) in [4.78, 5) is 15.0. The molecular formula is C14H9NO3. The Morgan fingerprint density at radius 2 is 2.06 bits per heavy atom. The maximum absolute atomic E-state index is 10.8. The number of pyridine rings is 1. The van der Waals surface area contributed by atoms with Crippen LogP contribution in [0.15, 0.2) is 53.1 Å². The molecule has 3 rings (SSSR count). The van der Waals surface area contributed by atoms with Crippen LogP contribution < -0.4 is 0 Å². The second kappa shape index (κ2) is 4.00. The average molecular weight is 239 g/mol. The number of aromatic nitrogens is 1. The van der Waals surface area contributed by atoms with Crippen LogP contribution in [0.5, 0.6) is 0 Å². The van der Waals surface area contributed by atoms with E-state index < -0.39 is 5.97 Å². The minimum absolute atomic E-state index is 0.0638. The lowest BCUT2D eigenvalue weighted by atomic mass is 10.1. The molecule has 88 valence electrons. The minimum atomic E-state index is -1.07. The molecule has 4 heteroatoms. The van der Waals surface area contributed by atoms with Crippen molar-refractivity contribution in [3.05, 3.63) is 54.4 Å². The predicted octanol–water partition coefficient (Wildman–Crippen LogP) is 3.19. The lowest BCUT2D eigenvalue weighted by Gasteiger charge is -2.00. The molecule has 0 aliphatic heterocycles. The van der Waals surface area contributed by atoms with Gasteiger partial charge in [-0.2, -0.15) is 0 Å². The lowest BCUT2D eigenvalue weighted by Crippen LogP contribution is -1.91. The largest absolute Gasteiger partial charge is 0.475 e. The summed E-state index contributed by atoms with van der Waals surface area (Å²) in [5.74, 6) is -0.605. The van der Waals surface area contributed by atoms with Gasteiger partial charge in [-0.15, -0.1) is 0 Å². The molecule has 18 heavy (non-hydrogen) atoms. The quantitative estimate of drug-likeness (QED) is 0.745. The first kappa shape index (κ1) is 10.5. The van der Waals surface area contributed by atoms with Crippen molar-refractivity contribution in [1.29, 1.82) is 0 Å². The minimum Gasteiger partial charge on any atom is -0.475 e. The Morgan fingerprint density at radius 3 is 2.83 bits per heavy atom. The highest BCUT2D eigenvalue weighted by atomic mass is 16.4. The van der Waals surface area contributed by atoms with Gasteiger partial charge in [0.05, 0.1) is 5.52 Å². The Kier molecular flexibility index (Phi) is 2.34. The molecule has 0 radical (unpaired) electrons. The summed E-state index contributed by atoms with van der Waals surface area (Å²) >= 11 is 0. The van der Waals surface area contributed by atoms with E-state index in [0.717, 1.165) is 16.5 Å². The molecule has 0 spiro atoms. The van der Waals surface area contributed by atoms with E-state index in [2.05, 4.69) is 4.98 Å². The SMILES string of the molecule is O=C(O)c1ccc(-c2ccc3cccnc3c2)o1. The fourth-order valence-corrected chi connectivity index (χ4v) is 1.83. The van der Waals surface area contributed by atoms with E-state index in [1.807, 2.05) is 30.3 Å². The molecule has 0 aliphatic rings. The molecule has 2 aromatic heterocycles. The molecule has 0 aliphatic carbocycles. The number of fused-ring (bicyclic) bond motifs is 1. The van der Waals surface area contributed by atoms with E-state index in [1.54, 1.807) is 12.3 Å². The van der Waals surface area contributed by atoms with Gasteiger partial charge in [-0.1, -0.05) is 18.2 Å². The zero-order valence-electron chi connectivity index (χ0n) is 9.33. The van der Waals surface area contributed by atoms with Crippen LogP contribution in [-0.4, -0.2) is 16.1 Å². The highest BCUT2D eigenvalue weighted by Gasteiger charge is 2.10. The standard InChI is InChI=1S/C14H9NO3/c16-14(17)13-6-5-12(18-13)10-4-3-9-2-1-7-15-11(9)8-10/h1-8H,(H,16,17). The molecule has 0 fully saturated rings. The first-order valence-electron chi connectivity index (χ1n) is 5.42. The van der Waals surface area contributed by atoms with Crippen molar-refractivity contribution < 1.29 is 14.3 Å². The number of furan rings is 1. The summed E-state index contributed by atoms with van der Waals surface area (Å²) in [5, 5.41) is 9.84. The Hall–Kier alpha value is -2.62. The molecule has 0 saturated carbocycles. The van der Waals surface area contributed by atoms with Crippen LogP contribution in [0.25, 0.3) is 22.2 Å². The maximum atomic E-state index is 10.8. The van der Waals surface area contributed by atoms with Crippen molar-refractivity contribution in [2.45, 2.75) is 0 Å². The molecule has 0 amide bonds. The number of rotatable bonds is 2. The zero-order chi connectivity index (χ0) is 12.5. The van der Waals surface area contributed by atoms with Gasteiger partial charge in [0.25, 0.3) is 0 Å². The molecule has 0 unspecified atom stereocenters. The zero-order valence-corrected chi connectivity index (χ0v) is 9.33. The fourth-order valence-electron chi connectivity index (χ4n) is 1.83. The van der Waals surface area contributed by atoms with Gasteiger partial charge < -0.3 is 9.52 Å². The third-order valence-electron chi connectivity index (χ3n) is 2.71. The number of benzene rings is 1. The summed E-state index contributed by atoms with van der Waals surface area (Å²) in [6, 6.07) is 12.6. The van der Waals surface area contributed by atoms with Gasteiger partial charge >= 0.3 is 5.97 Å². The van der Waals surface area contributed by atoms with Crippen molar-refractivity contribution in [2.24, 2.45) is 0 Å². The molecule has 0 atom stereocenters. The first-order chi connectivity index (χ1) is 8.74. The van der Waals surface area contributed by atoms with Crippen LogP contribution in [0.1, 0.15) is 10.6 Å². The van der Waals surface area contributed by atoms with Gasteiger partial charge in [0.2, 0.25) is 5.76 Å². The normalized spacial score (nSPS) is 10.7. The Labute approximate surface area is 103 Å². The van der Waals surface area contributed by atoms with Gasteiger partial charge in [-0.25, -0.2) is 4.79 Å². The van der Waals surface area contributed by atoms with Gasteiger partial charge in [-0.05, 0) is 24.3 Å². The summed E-state index contributed by atoms with van der Waals surface area (Å²) < 4.78 is 5.25. The fraction of sp³-hybridized carbons (Fsp3) is 0. The van der Waals surface area contributed by atoms with Crippen LogP contribution in [0.2, 0.25) is 0 Å². The van der Waals surface area contributed by atoms with Crippen LogP contribution in [-0.2, 0) is 0 Å². The molecular weight excluding hydrogens is 230 g/mol. The molecule has 4 nitrogen and oxygen atoms in total. The summed E-state index contributed by atoms with van der Waals surface area (Å²) in [5.41, 5.74) is 1.66. The van der Waals surface area contributed by atoms with Gasteiger partial charge in [-0.3, -0.25) is 4.98 Å². The third kappa shape index (κ3) is 1.73. The average Bonchev–Trinajstić information content (AvgIpc) is 2.88. The topological polar surface area (TPSA) is 63.3 Å². The summed E-state index contributed by atoms with van der Waals surface area (Å²) in [7, 11) is 0. The number of hydrogen-bond donors (Lipinski definition) is 1. The Bertz CT molecular complexity index is 730. The van der Waals surface area contributed by atoms with Crippen molar-refractivity contribution in [1.82, 2.24) is 4.98 Å². The number of carboxylic acid groups (broad SMARTS) is 1. The van der Waals surface area contributed by atoms with E-state index in [9.17, 15) is 4.79 Å². The van der Waals surface area contributed by atoms with E-state index in [-0.39, 0.29) is 5.76 Å². The third-order valence-corrected chi connectivity index (χ3v) is 2.71. The summed E-state index contributed by atoms with van der Waals surface area (Å²) in [6.07, 6.45) is 1.72. The molecule has 2 heterocycles. The van der Waals surface area contributed by atoms with Crippen LogP contribution in [0.3, 0.4) is 0 Å². The van der Waals surface area contributed by atoms with E-state index in [4.69, 9.17) is 9.52 Å².